The normalized spacial score (nSPS) is 22.9. The summed E-state index contributed by atoms with van der Waals surface area (Å²) in [6.45, 7) is -0.524. The van der Waals surface area contributed by atoms with Gasteiger partial charge in [-0.25, -0.2) is 9.78 Å². The van der Waals surface area contributed by atoms with Crippen LogP contribution in [0, 0.1) is 12.3 Å². The lowest BCUT2D eigenvalue weighted by Crippen LogP contribution is -2.44. The van der Waals surface area contributed by atoms with Crippen LogP contribution in [0.1, 0.15) is 18.2 Å². The molecule has 160 valence electrons. The lowest BCUT2D eigenvalue weighted by molar-refractivity contribution is -0.0979. The first kappa shape index (κ1) is 20.9. The van der Waals surface area contributed by atoms with Crippen molar-refractivity contribution in [2.75, 3.05) is 12.3 Å². The molecule has 2 aromatic heterocycles. The lowest BCUT2D eigenvalue weighted by Gasteiger charge is -2.26. The van der Waals surface area contributed by atoms with Gasteiger partial charge in [0, 0.05) is 12.6 Å². The van der Waals surface area contributed by atoms with E-state index in [9.17, 15) is 9.90 Å². The largest absolute Gasteiger partial charge is 0.509 e. The maximum Gasteiger partial charge on any atom is 0.509 e. The minimum absolute atomic E-state index is 0.0226. The Morgan fingerprint density at radius 2 is 2.16 bits per heavy atom. The number of terminal acetylenes is 1. The smallest absolute Gasteiger partial charge is 0.429 e. The standard InChI is InChI=1S/C21H19ClN4O5/c1-2-21(12-27)15(30-20(28)29-11-13-6-4-3-5-7-13)10-16(31-21)26-9-8-14-17(23)24-19(22)25-18(14)26/h1,3-9,15-16,27H,10-12H2,(H2,23,24,25)/t15-,16+,21+/m0/s1. The van der Waals surface area contributed by atoms with E-state index in [-0.39, 0.29) is 24.1 Å². The van der Waals surface area contributed by atoms with E-state index in [2.05, 4.69) is 15.9 Å². The van der Waals surface area contributed by atoms with Gasteiger partial charge in [0.2, 0.25) is 5.28 Å². The number of carbonyl (C=O) groups is 1. The number of benzene rings is 1. The van der Waals surface area contributed by atoms with Crippen molar-refractivity contribution in [3.8, 4) is 12.3 Å². The van der Waals surface area contributed by atoms with Gasteiger partial charge in [0.1, 0.15) is 24.3 Å². The van der Waals surface area contributed by atoms with Gasteiger partial charge in [-0.15, -0.1) is 6.42 Å². The second-order valence-corrected chi connectivity index (χ2v) is 7.31. The number of hydrogen-bond acceptors (Lipinski definition) is 8. The van der Waals surface area contributed by atoms with Crippen LogP contribution in [0.3, 0.4) is 0 Å². The summed E-state index contributed by atoms with van der Waals surface area (Å²) in [4.78, 5) is 20.4. The zero-order valence-electron chi connectivity index (χ0n) is 16.3. The number of hydrogen-bond donors (Lipinski definition) is 2. The molecule has 3 N–H and O–H groups in total. The Hall–Kier alpha value is -3.32. The summed E-state index contributed by atoms with van der Waals surface area (Å²) < 4.78 is 18.2. The SMILES string of the molecule is C#C[C@]1(CO)O[C@@H](n2ccc3c(N)nc(Cl)nc32)C[C@@H]1OC(=O)OCc1ccccc1. The maximum atomic E-state index is 12.3. The fourth-order valence-corrected chi connectivity index (χ4v) is 3.66. The number of carbonyl (C=O) groups excluding carboxylic acids is 1. The van der Waals surface area contributed by atoms with Gasteiger partial charge in [-0.3, -0.25) is 0 Å². The van der Waals surface area contributed by atoms with Gasteiger partial charge in [0.25, 0.3) is 0 Å². The molecule has 0 bridgehead atoms. The Morgan fingerprint density at radius 1 is 1.39 bits per heavy atom. The van der Waals surface area contributed by atoms with E-state index in [1.807, 2.05) is 30.3 Å². The number of aromatic nitrogens is 3. The van der Waals surface area contributed by atoms with Crippen LogP contribution in [-0.2, 0) is 20.8 Å². The molecule has 0 saturated carbocycles. The Labute approximate surface area is 182 Å². The Balaban J connectivity index is 1.53. The van der Waals surface area contributed by atoms with Crippen LogP contribution in [0.25, 0.3) is 11.0 Å². The number of nitrogen functional groups attached to an aromatic ring is 1. The molecular weight excluding hydrogens is 424 g/mol. The average Bonchev–Trinajstić information content (AvgIpc) is 3.35. The van der Waals surface area contributed by atoms with Crippen molar-refractivity contribution in [2.24, 2.45) is 0 Å². The molecule has 0 aliphatic carbocycles. The molecule has 4 rings (SSSR count). The minimum Gasteiger partial charge on any atom is -0.429 e. The molecule has 1 aliphatic rings. The van der Waals surface area contributed by atoms with Gasteiger partial charge in [-0.05, 0) is 23.2 Å². The summed E-state index contributed by atoms with van der Waals surface area (Å²) in [5.74, 6) is 2.63. The molecule has 1 fully saturated rings. The molecule has 0 unspecified atom stereocenters. The van der Waals surface area contributed by atoms with E-state index in [4.69, 9.17) is 38.0 Å². The number of aliphatic hydroxyl groups excluding tert-OH is 1. The predicted molar refractivity (Wildman–Crippen MR) is 112 cm³/mol. The molecule has 1 aliphatic heterocycles. The average molecular weight is 443 g/mol. The summed E-state index contributed by atoms with van der Waals surface area (Å²) in [6.07, 6.45) is 4.91. The van der Waals surface area contributed by atoms with Crippen molar-refractivity contribution in [3.05, 3.63) is 53.4 Å². The second kappa shape index (κ2) is 8.43. The van der Waals surface area contributed by atoms with Crippen molar-refractivity contribution >= 4 is 34.6 Å². The van der Waals surface area contributed by atoms with Gasteiger partial charge in [0.15, 0.2) is 11.7 Å². The summed E-state index contributed by atoms with van der Waals surface area (Å²) >= 11 is 5.94. The van der Waals surface area contributed by atoms with E-state index < -0.39 is 30.7 Å². The molecule has 31 heavy (non-hydrogen) atoms. The number of halogens is 1. The van der Waals surface area contributed by atoms with Crippen LogP contribution in [0.2, 0.25) is 5.28 Å². The topological polar surface area (TPSA) is 122 Å². The van der Waals surface area contributed by atoms with Gasteiger partial charge in [-0.1, -0.05) is 36.3 Å². The molecule has 3 atom stereocenters. The van der Waals surface area contributed by atoms with Crippen molar-refractivity contribution in [1.29, 1.82) is 0 Å². The Kier molecular flexibility index (Phi) is 5.69. The highest BCUT2D eigenvalue weighted by molar-refractivity contribution is 6.28. The lowest BCUT2D eigenvalue weighted by atomic mass is 9.99. The number of rotatable bonds is 5. The highest BCUT2D eigenvalue weighted by Crippen LogP contribution is 2.40. The highest BCUT2D eigenvalue weighted by atomic mass is 35.5. The van der Waals surface area contributed by atoms with Crippen LogP contribution in [0.4, 0.5) is 10.6 Å². The zero-order chi connectivity index (χ0) is 22.0. The summed E-state index contributed by atoms with van der Waals surface area (Å²) in [5, 5.41) is 10.5. The molecule has 1 saturated heterocycles. The first-order valence-electron chi connectivity index (χ1n) is 9.39. The van der Waals surface area contributed by atoms with Gasteiger partial charge in [0.05, 0.1) is 12.0 Å². The number of fused-ring (bicyclic) bond motifs is 1. The third-order valence-electron chi connectivity index (χ3n) is 5.08. The van der Waals surface area contributed by atoms with Crippen molar-refractivity contribution in [3.63, 3.8) is 0 Å². The number of ether oxygens (including phenoxy) is 3. The second-order valence-electron chi connectivity index (χ2n) is 6.97. The predicted octanol–water partition coefficient (Wildman–Crippen LogP) is 2.67. The first-order valence-corrected chi connectivity index (χ1v) is 9.77. The van der Waals surface area contributed by atoms with E-state index in [0.717, 1.165) is 5.56 Å². The van der Waals surface area contributed by atoms with Crippen LogP contribution in [0.15, 0.2) is 42.6 Å². The van der Waals surface area contributed by atoms with E-state index >= 15 is 0 Å². The molecule has 10 heteroatoms. The molecule has 3 aromatic rings. The van der Waals surface area contributed by atoms with Crippen molar-refractivity contribution < 1.29 is 24.1 Å². The fourth-order valence-electron chi connectivity index (χ4n) is 3.49. The number of aliphatic hydroxyl groups is 1. The van der Waals surface area contributed by atoms with Crippen LogP contribution in [-0.4, -0.2) is 44.1 Å². The quantitative estimate of drug-likeness (QED) is 0.351. The number of nitrogens with two attached hydrogens (primary N) is 1. The summed E-state index contributed by atoms with van der Waals surface area (Å²) in [5.41, 5.74) is 5.59. The highest BCUT2D eigenvalue weighted by Gasteiger charge is 2.51. The van der Waals surface area contributed by atoms with Gasteiger partial charge >= 0.3 is 6.16 Å². The molecule has 3 heterocycles. The molecular formula is C21H19ClN4O5. The van der Waals surface area contributed by atoms with Gasteiger partial charge < -0.3 is 29.6 Å². The monoisotopic (exact) mass is 442 g/mol. The molecule has 9 nitrogen and oxygen atoms in total. The third kappa shape index (κ3) is 4.01. The molecule has 0 spiro atoms. The van der Waals surface area contributed by atoms with Crippen LogP contribution >= 0.6 is 11.6 Å². The molecule has 0 radical (unpaired) electrons. The summed E-state index contributed by atoms with van der Waals surface area (Å²) in [7, 11) is 0. The van der Waals surface area contributed by atoms with E-state index in [1.54, 1.807) is 16.8 Å². The van der Waals surface area contributed by atoms with Crippen molar-refractivity contribution in [1.82, 2.24) is 14.5 Å². The maximum absolute atomic E-state index is 12.3. The minimum atomic E-state index is -1.55. The Morgan fingerprint density at radius 3 is 2.87 bits per heavy atom. The van der Waals surface area contributed by atoms with Gasteiger partial charge in [-0.2, -0.15) is 4.98 Å². The zero-order valence-corrected chi connectivity index (χ0v) is 17.0. The number of anilines is 1. The van der Waals surface area contributed by atoms with Crippen molar-refractivity contribution in [2.45, 2.75) is 31.0 Å². The fraction of sp³-hybridized carbons (Fsp3) is 0.286. The number of nitrogens with zero attached hydrogens (tertiary/aromatic N) is 3. The Bertz CT molecular complexity index is 1150. The summed E-state index contributed by atoms with van der Waals surface area (Å²) in [6, 6.07) is 10.9. The first-order chi connectivity index (χ1) is 15.0. The van der Waals surface area contributed by atoms with E-state index in [0.29, 0.717) is 11.0 Å². The van der Waals surface area contributed by atoms with Crippen LogP contribution < -0.4 is 5.73 Å². The van der Waals surface area contributed by atoms with E-state index in [1.165, 1.54) is 0 Å². The molecule has 0 amide bonds. The third-order valence-corrected chi connectivity index (χ3v) is 5.25. The van der Waals surface area contributed by atoms with Crippen LogP contribution in [0.5, 0.6) is 0 Å². The molecule has 1 aromatic carbocycles.